The summed E-state index contributed by atoms with van der Waals surface area (Å²) in [6.45, 7) is 18.2. The fourth-order valence-electron chi connectivity index (χ4n) is 12.3. The summed E-state index contributed by atoms with van der Waals surface area (Å²) in [6.07, 6.45) is 14.4. The third-order valence-corrected chi connectivity index (χ3v) is 15.6. The quantitative estimate of drug-likeness (QED) is 0.189. The number of hydrogen-bond acceptors (Lipinski definition) is 7. The van der Waals surface area contributed by atoms with E-state index in [-0.39, 0.29) is 28.6 Å². The number of ketones is 1. The van der Waals surface area contributed by atoms with E-state index in [1.54, 1.807) is 0 Å². The number of aldehydes is 1. The molecule has 0 spiro atoms. The zero-order valence-corrected chi connectivity index (χ0v) is 33.0. The van der Waals surface area contributed by atoms with Crippen LogP contribution < -0.4 is 0 Å². The van der Waals surface area contributed by atoms with Crippen LogP contribution in [0.2, 0.25) is 4.34 Å². The van der Waals surface area contributed by atoms with Crippen molar-refractivity contribution in [2.75, 3.05) is 0 Å². The minimum absolute atomic E-state index is 0.162. The molecule has 9 atom stereocenters. The summed E-state index contributed by atoms with van der Waals surface area (Å²) in [4.78, 5) is 26.6. The van der Waals surface area contributed by atoms with Crippen LogP contribution in [0.25, 0.3) is 10.8 Å². The van der Waals surface area contributed by atoms with Gasteiger partial charge in [-0.3, -0.25) is 4.79 Å². The number of nitrogens with zero attached hydrogens (tertiary/aromatic N) is 2. The number of rotatable bonds is 9. The number of allylic oxidation sites excluding steroid dienone is 4. The van der Waals surface area contributed by atoms with Crippen molar-refractivity contribution in [1.29, 1.82) is 0 Å². The first-order valence-corrected chi connectivity index (χ1v) is 20.6. The summed E-state index contributed by atoms with van der Waals surface area (Å²) < 4.78 is 14.0. The Morgan fingerprint density at radius 1 is 1.08 bits per heavy atom. The van der Waals surface area contributed by atoms with Gasteiger partial charge in [-0.1, -0.05) is 67.0 Å². The van der Waals surface area contributed by atoms with E-state index in [1.165, 1.54) is 42.6 Å². The lowest BCUT2D eigenvalue weighted by Gasteiger charge is -2.67. The molecule has 4 fully saturated rings. The molecule has 0 aromatic carbocycles. The molecule has 4 saturated carbocycles. The lowest BCUT2D eigenvalue weighted by Crippen LogP contribution is -2.60. The van der Waals surface area contributed by atoms with Gasteiger partial charge in [-0.15, -0.1) is 21.5 Å². The van der Waals surface area contributed by atoms with Gasteiger partial charge in [-0.2, -0.15) is 0 Å². The Morgan fingerprint density at radius 2 is 1.80 bits per heavy atom. The van der Waals surface area contributed by atoms with Gasteiger partial charge in [-0.05, 0) is 133 Å². The SMILES string of the molecule is CCC=C(CC(C)(C)C=O)OC1CCC2(C)C(CCC3(C)C4CCC5(c6nnc(-c7ccc(Cl)s7)o6)CC(=O)C(C(C)C)=C5C4CCC32)C1C. The lowest BCUT2D eigenvalue weighted by molar-refractivity contribution is -0.180. The number of aromatic nitrogens is 2. The van der Waals surface area contributed by atoms with Crippen LogP contribution in [0, 0.1) is 51.8 Å². The zero-order valence-electron chi connectivity index (χ0n) is 31.4. The van der Waals surface area contributed by atoms with E-state index in [1.807, 2.05) is 26.0 Å². The van der Waals surface area contributed by atoms with Gasteiger partial charge in [0, 0.05) is 18.3 Å². The highest BCUT2D eigenvalue weighted by molar-refractivity contribution is 7.19. The van der Waals surface area contributed by atoms with Crippen molar-refractivity contribution in [2.45, 2.75) is 138 Å². The van der Waals surface area contributed by atoms with E-state index < -0.39 is 10.8 Å². The summed E-state index contributed by atoms with van der Waals surface area (Å²) in [6, 6.07) is 3.80. The normalized spacial score (nSPS) is 37.3. The van der Waals surface area contributed by atoms with Crippen LogP contribution in [0.5, 0.6) is 0 Å². The molecule has 0 N–H and O–H groups in total. The van der Waals surface area contributed by atoms with Gasteiger partial charge in [0.25, 0.3) is 5.89 Å². The maximum Gasteiger partial charge on any atom is 0.257 e. The summed E-state index contributed by atoms with van der Waals surface area (Å²) in [7, 11) is 0. The molecule has 272 valence electrons. The Balaban J connectivity index is 1.17. The number of fused-ring (bicyclic) bond motifs is 7. The van der Waals surface area contributed by atoms with Crippen LogP contribution in [0.4, 0.5) is 0 Å². The van der Waals surface area contributed by atoms with E-state index in [2.05, 4.69) is 57.8 Å². The fourth-order valence-corrected chi connectivity index (χ4v) is 13.3. The number of carbonyl (C=O) groups excluding carboxylic acids is 2. The second kappa shape index (κ2) is 13.0. The first kappa shape index (κ1) is 36.1. The topological polar surface area (TPSA) is 82.3 Å². The molecular formula is C42H57ClN2O4S. The number of Topliss-reactive ketones (excluding diaryl/α,β-unsaturated/α-hetero) is 1. The van der Waals surface area contributed by atoms with Crippen LogP contribution in [-0.2, 0) is 19.7 Å². The monoisotopic (exact) mass is 720 g/mol. The molecular weight excluding hydrogens is 664 g/mol. The Bertz CT molecular complexity index is 1700. The van der Waals surface area contributed by atoms with E-state index in [0.29, 0.717) is 58.5 Å². The number of carbonyl (C=O) groups is 2. The van der Waals surface area contributed by atoms with Gasteiger partial charge in [0.05, 0.1) is 20.4 Å². The number of thiophene rings is 1. The zero-order chi connectivity index (χ0) is 35.8. The fraction of sp³-hybridized carbons (Fsp3) is 0.714. The minimum Gasteiger partial charge on any atom is -0.495 e. The van der Waals surface area contributed by atoms with Gasteiger partial charge >= 0.3 is 0 Å². The van der Waals surface area contributed by atoms with Crippen molar-refractivity contribution in [3.05, 3.63) is 45.3 Å². The second-order valence-electron chi connectivity index (χ2n) is 18.1. The maximum absolute atomic E-state index is 14.0. The van der Waals surface area contributed by atoms with Crippen LogP contribution in [0.3, 0.4) is 0 Å². The van der Waals surface area contributed by atoms with Crippen LogP contribution >= 0.6 is 22.9 Å². The van der Waals surface area contributed by atoms with E-state index in [4.69, 9.17) is 20.8 Å². The molecule has 5 aliphatic rings. The van der Waals surface area contributed by atoms with Gasteiger partial charge in [-0.25, -0.2) is 0 Å². The molecule has 2 aromatic rings. The molecule has 5 aliphatic carbocycles. The molecule has 7 rings (SSSR count). The van der Waals surface area contributed by atoms with Gasteiger partial charge in [0.15, 0.2) is 5.78 Å². The highest BCUT2D eigenvalue weighted by Gasteiger charge is 2.66. The average molecular weight is 721 g/mol. The minimum atomic E-state index is -0.500. The number of hydrogen-bond donors (Lipinski definition) is 0. The summed E-state index contributed by atoms with van der Waals surface area (Å²) in [5.74, 6) is 5.16. The summed E-state index contributed by atoms with van der Waals surface area (Å²) >= 11 is 7.70. The molecule has 9 unspecified atom stereocenters. The Hall–Kier alpha value is -2.25. The predicted molar refractivity (Wildman–Crippen MR) is 200 cm³/mol. The van der Waals surface area contributed by atoms with Crippen molar-refractivity contribution in [3.8, 4) is 10.8 Å². The standard InChI is InChI=1S/C42H57ClN2O4S/c1-9-10-26(21-39(5,6)23-46)48-31-17-19-40(7)28(25(31)4)15-18-41(8)29-16-20-42(38-45-44-37(49-38)32-12-14-34(43)50-32)22-30(47)35(24(2)3)36(42)27(29)11-13-33(40)41/h10,12,14,23-25,27-29,31,33H,9,11,13,15-22H2,1-8H3. The Kier molecular flexibility index (Phi) is 9.39. The second-order valence-corrected chi connectivity index (χ2v) is 19.8. The third-order valence-electron chi connectivity index (χ3n) is 14.4. The van der Waals surface area contributed by atoms with Crippen LogP contribution in [0.1, 0.15) is 132 Å². The predicted octanol–water partition coefficient (Wildman–Crippen LogP) is 11.2. The number of halogens is 1. The molecule has 50 heavy (non-hydrogen) atoms. The molecule has 8 heteroatoms. The molecule has 2 heterocycles. The average Bonchev–Trinajstić information content (AvgIpc) is 3.79. The number of ether oxygens (including phenoxy) is 1. The van der Waals surface area contributed by atoms with E-state index >= 15 is 0 Å². The highest BCUT2D eigenvalue weighted by atomic mass is 35.5. The Morgan fingerprint density at radius 3 is 2.48 bits per heavy atom. The first-order valence-electron chi connectivity index (χ1n) is 19.4. The van der Waals surface area contributed by atoms with E-state index in [0.717, 1.165) is 54.6 Å². The van der Waals surface area contributed by atoms with E-state index in [9.17, 15) is 9.59 Å². The molecule has 6 nitrogen and oxygen atoms in total. The lowest BCUT2D eigenvalue weighted by atomic mass is 9.38. The molecule has 0 bridgehead atoms. The van der Waals surface area contributed by atoms with Crippen molar-refractivity contribution >= 4 is 35.0 Å². The molecule has 0 aliphatic heterocycles. The first-order chi connectivity index (χ1) is 23.7. The maximum atomic E-state index is 14.0. The van der Waals surface area contributed by atoms with Crippen LogP contribution in [0.15, 0.2) is 39.5 Å². The van der Waals surface area contributed by atoms with Crippen molar-refractivity contribution in [2.24, 2.45) is 51.8 Å². The smallest absolute Gasteiger partial charge is 0.257 e. The molecule has 2 aromatic heterocycles. The van der Waals surface area contributed by atoms with Gasteiger partial charge < -0.3 is 13.9 Å². The highest BCUT2D eigenvalue weighted by Crippen LogP contribution is 2.72. The summed E-state index contributed by atoms with van der Waals surface area (Å²) in [5.41, 5.74) is 1.94. The van der Waals surface area contributed by atoms with Crippen molar-refractivity contribution < 1.29 is 18.7 Å². The van der Waals surface area contributed by atoms with Crippen LogP contribution in [-0.4, -0.2) is 28.4 Å². The Labute approximate surface area is 308 Å². The van der Waals surface area contributed by atoms with Crippen molar-refractivity contribution in [3.63, 3.8) is 0 Å². The summed E-state index contributed by atoms with van der Waals surface area (Å²) in [5, 5.41) is 9.19. The van der Waals surface area contributed by atoms with Gasteiger partial charge in [0.1, 0.15) is 12.4 Å². The molecule has 0 radical (unpaired) electrons. The molecule has 0 saturated heterocycles. The van der Waals surface area contributed by atoms with Gasteiger partial charge in [0.2, 0.25) is 5.89 Å². The van der Waals surface area contributed by atoms with Crippen molar-refractivity contribution in [1.82, 2.24) is 10.2 Å². The molecule has 0 amide bonds. The third kappa shape index (κ3) is 5.70. The largest absolute Gasteiger partial charge is 0.495 e.